The van der Waals surface area contributed by atoms with Crippen LogP contribution in [0.3, 0.4) is 0 Å². The third-order valence-electron chi connectivity index (χ3n) is 4.64. The zero-order valence-electron chi connectivity index (χ0n) is 12.6. The van der Waals surface area contributed by atoms with Crippen molar-refractivity contribution in [2.45, 2.75) is 58.0 Å². The summed E-state index contributed by atoms with van der Waals surface area (Å²) in [4.78, 5) is 14.4. The molecule has 2 fully saturated rings. The Morgan fingerprint density at radius 1 is 1.32 bits per heavy atom. The second kappa shape index (κ2) is 7.39. The molecule has 0 spiro atoms. The largest absolute Gasteiger partial charge is 0.377 e. The van der Waals surface area contributed by atoms with Crippen LogP contribution in [0.25, 0.3) is 0 Å². The van der Waals surface area contributed by atoms with E-state index in [0.29, 0.717) is 11.9 Å². The summed E-state index contributed by atoms with van der Waals surface area (Å²) in [6.45, 7) is 5.08. The summed E-state index contributed by atoms with van der Waals surface area (Å²) in [7, 11) is 2.14. The first kappa shape index (κ1) is 15.0. The van der Waals surface area contributed by atoms with Crippen molar-refractivity contribution in [1.29, 1.82) is 0 Å². The normalized spacial score (nSPS) is 32.2. The van der Waals surface area contributed by atoms with Gasteiger partial charge in [0.2, 0.25) is 0 Å². The van der Waals surface area contributed by atoms with Crippen LogP contribution < -0.4 is 0 Å². The Bertz CT molecular complexity index is 286. The van der Waals surface area contributed by atoms with Gasteiger partial charge in [0, 0.05) is 32.0 Å². The molecule has 0 radical (unpaired) electrons. The highest BCUT2D eigenvalue weighted by Crippen LogP contribution is 2.30. The summed E-state index contributed by atoms with van der Waals surface area (Å²) < 4.78 is 5.67. The van der Waals surface area contributed by atoms with Crippen LogP contribution in [-0.4, -0.2) is 43.5 Å². The maximum Gasteiger partial charge on any atom is 0.137 e. The number of carbonyl (C=O) groups excluding carboxylic acids is 1. The van der Waals surface area contributed by atoms with Gasteiger partial charge in [-0.2, -0.15) is 0 Å². The molecular formula is C16H29NO2. The van der Waals surface area contributed by atoms with Crippen LogP contribution >= 0.6 is 0 Å². The summed E-state index contributed by atoms with van der Waals surface area (Å²) in [5, 5.41) is 0. The van der Waals surface area contributed by atoms with E-state index in [0.717, 1.165) is 44.9 Å². The lowest BCUT2D eigenvalue weighted by molar-refractivity contribution is -0.126. The van der Waals surface area contributed by atoms with Gasteiger partial charge >= 0.3 is 0 Å². The molecule has 19 heavy (non-hydrogen) atoms. The quantitative estimate of drug-likeness (QED) is 0.741. The molecule has 1 heterocycles. The Morgan fingerprint density at radius 3 is 2.84 bits per heavy atom. The minimum absolute atomic E-state index is 0.275. The van der Waals surface area contributed by atoms with Crippen molar-refractivity contribution in [3.63, 3.8) is 0 Å². The second-order valence-electron chi connectivity index (χ2n) is 6.45. The maximum absolute atomic E-state index is 12.1. The molecule has 0 aromatic heterocycles. The van der Waals surface area contributed by atoms with E-state index in [-0.39, 0.29) is 5.92 Å². The van der Waals surface area contributed by atoms with Crippen LogP contribution in [-0.2, 0) is 9.53 Å². The number of ketones is 1. The van der Waals surface area contributed by atoms with E-state index >= 15 is 0 Å². The SMILES string of the molecule is CCCC1CCC(=O)C(CN(C)CC2CCCO2)C1. The zero-order chi connectivity index (χ0) is 13.7. The Labute approximate surface area is 117 Å². The van der Waals surface area contributed by atoms with E-state index in [1.807, 2.05) is 0 Å². The molecule has 1 aliphatic heterocycles. The number of nitrogens with zero attached hydrogens (tertiary/aromatic N) is 1. The molecule has 1 saturated carbocycles. The standard InChI is InChI=1S/C16H29NO2/c1-3-5-13-7-8-16(18)14(10-13)11-17(2)12-15-6-4-9-19-15/h13-15H,3-12H2,1-2H3. The van der Waals surface area contributed by atoms with E-state index in [4.69, 9.17) is 4.74 Å². The van der Waals surface area contributed by atoms with Gasteiger partial charge in [-0.3, -0.25) is 4.79 Å². The zero-order valence-corrected chi connectivity index (χ0v) is 12.6. The number of likely N-dealkylation sites (N-methyl/N-ethyl adjacent to an activating group) is 1. The summed E-state index contributed by atoms with van der Waals surface area (Å²) in [5.74, 6) is 1.55. The van der Waals surface area contributed by atoms with E-state index in [9.17, 15) is 4.79 Å². The number of hydrogen-bond donors (Lipinski definition) is 0. The third kappa shape index (κ3) is 4.57. The molecule has 1 saturated heterocycles. The summed E-state index contributed by atoms with van der Waals surface area (Å²) in [6.07, 6.45) is 8.36. The van der Waals surface area contributed by atoms with Gasteiger partial charge < -0.3 is 9.64 Å². The molecule has 0 aromatic carbocycles. The maximum atomic E-state index is 12.1. The molecule has 110 valence electrons. The highest BCUT2D eigenvalue weighted by atomic mass is 16.5. The van der Waals surface area contributed by atoms with Gasteiger partial charge in [0.15, 0.2) is 0 Å². The van der Waals surface area contributed by atoms with Crippen molar-refractivity contribution >= 4 is 5.78 Å². The van der Waals surface area contributed by atoms with Gasteiger partial charge in [0.1, 0.15) is 5.78 Å². The Kier molecular flexibility index (Phi) is 5.83. The summed E-state index contributed by atoms with van der Waals surface area (Å²) in [5.41, 5.74) is 0. The van der Waals surface area contributed by atoms with Crippen molar-refractivity contribution < 1.29 is 9.53 Å². The third-order valence-corrected chi connectivity index (χ3v) is 4.64. The van der Waals surface area contributed by atoms with Crippen molar-refractivity contribution in [2.24, 2.45) is 11.8 Å². The summed E-state index contributed by atoms with van der Waals surface area (Å²) >= 11 is 0. The number of carbonyl (C=O) groups is 1. The molecule has 0 N–H and O–H groups in total. The minimum Gasteiger partial charge on any atom is -0.377 e. The molecule has 3 atom stereocenters. The van der Waals surface area contributed by atoms with Crippen LogP contribution in [0.5, 0.6) is 0 Å². The molecule has 0 amide bonds. The van der Waals surface area contributed by atoms with Gasteiger partial charge in [0.05, 0.1) is 6.10 Å². The highest BCUT2D eigenvalue weighted by molar-refractivity contribution is 5.81. The first-order valence-corrected chi connectivity index (χ1v) is 8.02. The van der Waals surface area contributed by atoms with Gasteiger partial charge in [-0.05, 0) is 38.6 Å². The molecule has 1 aliphatic carbocycles. The van der Waals surface area contributed by atoms with Crippen LogP contribution in [0.15, 0.2) is 0 Å². The second-order valence-corrected chi connectivity index (χ2v) is 6.45. The molecule has 2 rings (SSSR count). The first-order valence-electron chi connectivity index (χ1n) is 8.02. The minimum atomic E-state index is 0.275. The Morgan fingerprint density at radius 2 is 2.16 bits per heavy atom. The fourth-order valence-corrected chi connectivity index (χ4v) is 3.64. The predicted octanol–water partition coefficient (Wildman–Crippen LogP) is 2.88. The Balaban J connectivity index is 1.76. The molecule has 3 unspecified atom stereocenters. The number of hydrogen-bond acceptors (Lipinski definition) is 3. The molecule has 3 heteroatoms. The van der Waals surface area contributed by atoms with E-state index in [2.05, 4.69) is 18.9 Å². The lowest BCUT2D eigenvalue weighted by atomic mass is 9.78. The number of ether oxygens (including phenoxy) is 1. The number of rotatable bonds is 6. The first-order chi connectivity index (χ1) is 9.19. The van der Waals surface area contributed by atoms with Crippen LogP contribution in [0.2, 0.25) is 0 Å². The average Bonchev–Trinajstić information content (AvgIpc) is 2.86. The van der Waals surface area contributed by atoms with Gasteiger partial charge in [-0.25, -0.2) is 0 Å². The van der Waals surface area contributed by atoms with Crippen molar-refractivity contribution in [3.05, 3.63) is 0 Å². The van der Waals surface area contributed by atoms with Crippen LogP contribution in [0.4, 0.5) is 0 Å². The smallest absolute Gasteiger partial charge is 0.137 e. The van der Waals surface area contributed by atoms with Crippen molar-refractivity contribution in [2.75, 3.05) is 26.7 Å². The molecule has 0 bridgehead atoms. The lowest BCUT2D eigenvalue weighted by Crippen LogP contribution is -2.38. The molecule has 0 aromatic rings. The van der Waals surface area contributed by atoms with Gasteiger partial charge in [-0.1, -0.05) is 19.8 Å². The summed E-state index contributed by atoms with van der Waals surface area (Å²) in [6, 6.07) is 0. The fraction of sp³-hybridized carbons (Fsp3) is 0.938. The van der Waals surface area contributed by atoms with Crippen molar-refractivity contribution in [1.82, 2.24) is 4.90 Å². The van der Waals surface area contributed by atoms with Gasteiger partial charge in [0.25, 0.3) is 0 Å². The Hall–Kier alpha value is -0.410. The fourth-order valence-electron chi connectivity index (χ4n) is 3.64. The predicted molar refractivity (Wildman–Crippen MR) is 77.2 cm³/mol. The average molecular weight is 267 g/mol. The van der Waals surface area contributed by atoms with Crippen LogP contribution in [0.1, 0.15) is 51.9 Å². The molecule has 2 aliphatic rings. The monoisotopic (exact) mass is 267 g/mol. The van der Waals surface area contributed by atoms with Crippen molar-refractivity contribution in [3.8, 4) is 0 Å². The topological polar surface area (TPSA) is 29.5 Å². The molecular weight excluding hydrogens is 238 g/mol. The number of Topliss-reactive ketones (excluding diaryl/α,β-unsaturated/α-hetero) is 1. The van der Waals surface area contributed by atoms with E-state index in [1.54, 1.807) is 0 Å². The van der Waals surface area contributed by atoms with E-state index < -0.39 is 0 Å². The highest BCUT2D eigenvalue weighted by Gasteiger charge is 2.29. The van der Waals surface area contributed by atoms with Crippen LogP contribution in [0, 0.1) is 11.8 Å². The lowest BCUT2D eigenvalue weighted by Gasteiger charge is -2.31. The van der Waals surface area contributed by atoms with E-state index in [1.165, 1.54) is 25.7 Å². The van der Waals surface area contributed by atoms with Gasteiger partial charge in [-0.15, -0.1) is 0 Å². The molecule has 3 nitrogen and oxygen atoms in total.